The highest BCUT2D eigenvalue weighted by Crippen LogP contribution is 2.37. The van der Waals surface area contributed by atoms with Crippen LogP contribution in [0.5, 0.6) is 0 Å². The van der Waals surface area contributed by atoms with Gasteiger partial charge < -0.3 is 4.90 Å². The molecule has 0 radical (unpaired) electrons. The maximum atomic E-state index is 12.6. The van der Waals surface area contributed by atoms with Crippen molar-refractivity contribution in [3.8, 4) is 28.1 Å². The molecule has 5 nitrogen and oxygen atoms in total. The van der Waals surface area contributed by atoms with Crippen LogP contribution in [0.2, 0.25) is 10.0 Å². The number of aromatic nitrogens is 2. The normalized spacial score (nSPS) is 15.0. The third kappa shape index (κ3) is 4.40. The molecule has 2 aromatic heterocycles. The Labute approximate surface area is 214 Å². The zero-order valence-electron chi connectivity index (χ0n) is 20.0. The van der Waals surface area contributed by atoms with Crippen molar-refractivity contribution in [1.82, 2.24) is 14.7 Å². The number of hydrogen-bond donors (Lipinski definition) is 0. The van der Waals surface area contributed by atoms with Crippen molar-refractivity contribution in [2.75, 3.05) is 7.05 Å². The molecule has 0 spiro atoms. The van der Waals surface area contributed by atoms with E-state index in [1.54, 1.807) is 23.5 Å². The van der Waals surface area contributed by atoms with Gasteiger partial charge in [0.2, 0.25) is 0 Å². The molecule has 8 heteroatoms. The Bertz CT molecular complexity index is 1370. The van der Waals surface area contributed by atoms with Crippen molar-refractivity contribution >= 4 is 46.3 Å². The van der Waals surface area contributed by atoms with Crippen molar-refractivity contribution in [1.29, 1.82) is 0 Å². The molecule has 4 rings (SSSR count). The summed E-state index contributed by atoms with van der Waals surface area (Å²) < 4.78 is 1.81. The number of carbonyl (C=O) groups is 1. The Kier molecular flexibility index (Phi) is 6.65. The van der Waals surface area contributed by atoms with Crippen molar-refractivity contribution in [2.45, 2.75) is 46.6 Å². The van der Waals surface area contributed by atoms with Crippen LogP contribution in [0.1, 0.15) is 50.3 Å². The predicted octanol–water partition coefficient (Wildman–Crippen LogP) is 6.61. The lowest BCUT2D eigenvalue weighted by molar-refractivity contribution is -0.123. The van der Waals surface area contributed by atoms with Gasteiger partial charge in [-0.3, -0.25) is 4.79 Å². The van der Waals surface area contributed by atoms with Gasteiger partial charge >= 0.3 is 0 Å². The number of amidine groups is 1. The SMILES string of the molecule is Cc1c(C2=NC(=O)C(C)(C)N2C)nn(-c2ccc(Cl)cc2Cl)c1-c1ccc(C#CCC(C)C)s1. The lowest BCUT2D eigenvalue weighted by Crippen LogP contribution is -2.44. The molecule has 1 aliphatic rings. The highest BCUT2D eigenvalue weighted by Gasteiger charge is 2.42. The zero-order valence-corrected chi connectivity index (χ0v) is 22.4. The maximum Gasteiger partial charge on any atom is 0.273 e. The van der Waals surface area contributed by atoms with Crippen LogP contribution in [0.3, 0.4) is 0 Å². The van der Waals surface area contributed by atoms with Crippen LogP contribution in [0.25, 0.3) is 16.3 Å². The average molecular weight is 513 g/mol. The van der Waals surface area contributed by atoms with E-state index in [0.29, 0.717) is 33.2 Å². The Morgan fingerprint density at radius 2 is 1.91 bits per heavy atom. The van der Waals surface area contributed by atoms with Gasteiger partial charge in [-0.15, -0.1) is 11.3 Å². The molecule has 0 saturated carbocycles. The molecule has 0 fully saturated rings. The number of carbonyl (C=O) groups excluding carboxylic acids is 1. The number of amides is 1. The Morgan fingerprint density at radius 3 is 2.53 bits per heavy atom. The summed E-state index contributed by atoms with van der Waals surface area (Å²) in [6.45, 7) is 10.0. The van der Waals surface area contributed by atoms with Crippen molar-refractivity contribution < 1.29 is 4.79 Å². The van der Waals surface area contributed by atoms with E-state index in [1.807, 2.05) is 55.6 Å². The Balaban J connectivity index is 1.89. The summed E-state index contributed by atoms with van der Waals surface area (Å²) in [4.78, 5) is 20.8. The molecule has 1 amide bonds. The molecule has 1 aromatic carbocycles. The second kappa shape index (κ2) is 9.22. The number of aliphatic imine (C=N–C) groups is 1. The van der Waals surface area contributed by atoms with Gasteiger partial charge in [0.25, 0.3) is 5.91 Å². The first-order valence-corrected chi connectivity index (χ1v) is 12.6. The van der Waals surface area contributed by atoms with E-state index in [2.05, 4.69) is 30.7 Å². The van der Waals surface area contributed by atoms with Crippen molar-refractivity contribution in [2.24, 2.45) is 10.9 Å². The van der Waals surface area contributed by atoms with Gasteiger partial charge in [0.1, 0.15) is 11.2 Å². The van der Waals surface area contributed by atoms with Crippen molar-refractivity contribution in [3.63, 3.8) is 0 Å². The first-order valence-electron chi connectivity index (χ1n) is 11.0. The van der Waals surface area contributed by atoms with Crippen LogP contribution in [0, 0.1) is 24.7 Å². The lowest BCUT2D eigenvalue weighted by atomic mass is 10.0. The number of thiophene rings is 1. The van der Waals surface area contributed by atoms with Gasteiger partial charge in [-0.2, -0.15) is 10.1 Å². The molecule has 0 saturated heterocycles. The van der Waals surface area contributed by atoms with E-state index in [1.165, 1.54) is 0 Å². The highest BCUT2D eigenvalue weighted by molar-refractivity contribution is 7.16. The molecule has 1 aliphatic heterocycles. The molecular weight excluding hydrogens is 487 g/mol. The van der Waals surface area contributed by atoms with Crippen LogP contribution in [0.15, 0.2) is 35.3 Å². The van der Waals surface area contributed by atoms with Gasteiger partial charge in [-0.1, -0.05) is 48.9 Å². The summed E-state index contributed by atoms with van der Waals surface area (Å²) in [5.41, 5.74) is 2.40. The summed E-state index contributed by atoms with van der Waals surface area (Å²) in [6, 6.07) is 9.40. The third-order valence-corrected chi connectivity index (χ3v) is 7.47. The summed E-state index contributed by atoms with van der Waals surface area (Å²) in [7, 11) is 1.87. The van der Waals surface area contributed by atoms with Gasteiger partial charge in [0.05, 0.1) is 26.2 Å². The number of nitrogens with zero attached hydrogens (tertiary/aromatic N) is 4. The van der Waals surface area contributed by atoms with E-state index < -0.39 is 5.54 Å². The molecule has 176 valence electrons. The fourth-order valence-corrected chi connectivity index (χ4v) is 5.08. The van der Waals surface area contributed by atoms with Gasteiger partial charge in [0.15, 0.2) is 5.84 Å². The first-order chi connectivity index (χ1) is 16.0. The van der Waals surface area contributed by atoms with Crippen LogP contribution in [-0.4, -0.2) is 39.0 Å². The number of halogens is 2. The molecule has 0 bridgehead atoms. The van der Waals surface area contributed by atoms with Gasteiger partial charge in [-0.25, -0.2) is 4.68 Å². The number of hydrogen-bond acceptors (Lipinski definition) is 4. The van der Waals surface area contributed by atoms with Crippen LogP contribution >= 0.6 is 34.5 Å². The zero-order chi connectivity index (χ0) is 24.8. The number of rotatable bonds is 4. The second-order valence-corrected chi connectivity index (χ2v) is 11.2. The summed E-state index contributed by atoms with van der Waals surface area (Å²) in [6.07, 6.45) is 0.852. The number of benzene rings is 1. The van der Waals surface area contributed by atoms with Crippen molar-refractivity contribution in [3.05, 3.63) is 56.5 Å². The summed E-state index contributed by atoms with van der Waals surface area (Å²) in [5.74, 6) is 7.40. The molecule has 0 atom stereocenters. The predicted molar refractivity (Wildman–Crippen MR) is 141 cm³/mol. The summed E-state index contributed by atoms with van der Waals surface area (Å²) in [5, 5.41) is 5.94. The van der Waals surface area contributed by atoms with E-state index >= 15 is 0 Å². The monoisotopic (exact) mass is 512 g/mol. The average Bonchev–Trinajstić information content (AvgIpc) is 3.40. The van der Waals surface area contributed by atoms with Gasteiger partial charge in [0, 0.05) is 24.1 Å². The first kappa shape index (κ1) is 24.5. The molecule has 0 N–H and O–H groups in total. The smallest absolute Gasteiger partial charge is 0.273 e. The molecule has 3 heterocycles. The molecule has 3 aromatic rings. The van der Waals surface area contributed by atoms with Crippen LogP contribution in [-0.2, 0) is 4.79 Å². The molecule has 0 unspecified atom stereocenters. The lowest BCUT2D eigenvalue weighted by Gasteiger charge is -2.27. The summed E-state index contributed by atoms with van der Waals surface area (Å²) >= 11 is 14.3. The minimum Gasteiger partial charge on any atom is -0.343 e. The van der Waals surface area contributed by atoms with E-state index in [0.717, 1.165) is 27.4 Å². The second-order valence-electron chi connectivity index (χ2n) is 9.25. The maximum absolute atomic E-state index is 12.6. The quantitative estimate of drug-likeness (QED) is 0.369. The van der Waals surface area contributed by atoms with Gasteiger partial charge in [-0.05, 0) is 57.0 Å². The Hall–Kier alpha value is -2.59. The molecule has 34 heavy (non-hydrogen) atoms. The number of likely N-dealkylation sites (N-methyl/N-ethyl adjacent to an activating group) is 1. The standard InChI is InChI=1S/C26H26Cl2N4OS/c1-15(2)8-7-9-18-11-13-21(34-18)23-16(3)22(24-29-25(33)26(4,5)31(24)6)30-32(23)20-12-10-17(27)14-19(20)28/h10-15H,8H2,1-6H3. The molecular formula is C26H26Cl2N4OS. The third-order valence-electron chi connectivity index (χ3n) is 5.92. The fraction of sp³-hybridized carbons (Fsp3) is 0.346. The Morgan fingerprint density at radius 1 is 1.18 bits per heavy atom. The topological polar surface area (TPSA) is 50.5 Å². The fourth-order valence-electron chi connectivity index (χ4n) is 3.63. The van der Waals surface area contributed by atoms with Crippen LogP contribution in [0.4, 0.5) is 0 Å². The van der Waals surface area contributed by atoms with E-state index in [9.17, 15) is 4.79 Å². The minimum absolute atomic E-state index is 0.191. The van der Waals surface area contributed by atoms with E-state index in [4.69, 9.17) is 28.3 Å². The molecule has 0 aliphatic carbocycles. The largest absolute Gasteiger partial charge is 0.343 e. The van der Waals surface area contributed by atoms with Crippen LogP contribution < -0.4 is 0 Å². The highest BCUT2D eigenvalue weighted by atomic mass is 35.5. The van der Waals surface area contributed by atoms with E-state index in [-0.39, 0.29) is 5.91 Å². The minimum atomic E-state index is -0.730.